The van der Waals surface area contributed by atoms with Crippen LogP contribution in [-0.4, -0.2) is 41.5 Å². The molecule has 3 saturated heterocycles. The number of ether oxygens (including phenoxy) is 1. The molecule has 22 heavy (non-hydrogen) atoms. The van der Waals surface area contributed by atoms with Crippen LogP contribution in [0.4, 0.5) is 0 Å². The van der Waals surface area contributed by atoms with Crippen LogP contribution in [0.3, 0.4) is 0 Å². The van der Waals surface area contributed by atoms with Crippen molar-refractivity contribution in [2.45, 2.75) is 31.8 Å². The monoisotopic (exact) mass is 321 g/mol. The second kappa shape index (κ2) is 5.32. The zero-order chi connectivity index (χ0) is 15.3. The third-order valence-corrected chi connectivity index (χ3v) is 5.29. The smallest absolute Gasteiger partial charge is 0.176 e. The van der Waals surface area contributed by atoms with Gasteiger partial charge in [-0.3, -0.25) is 4.90 Å². The maximum Gasteiger partial charge on any atom is 0.176 e. The molecule has 2 atom stereocenters. The Hall–Kier alpha value is -1.46. The molecule has 2 N–H and O–H groups in total. The SMILES string of the molecule is CCOc1cc(C2NN=C3C4CCN(CC4)C32)cc(Cl)c1O. The molecular weight excluding hydrogens is 302 g/mol. The van der Waals surface area contributed by atoms with Crippen molar-refractivity contribution < 1.29 is 9.84 Å². The first-order valence-corrected chi connectivity index (χ1v) is 8.29. The lowest BCUT2D eigenvalue weighted by atomic mass is 9.78. The van der Waals surface area contributed by atoms with Crippen molar-refractivity contribution >= 4 is 17.3 Å². The number of fused-ring (bicyclic) bond motifs is 2. The minimum atomic E-state index is 0.0110. The molecule has 4 heterocycles. The molecule has 3 fully saturated rings. The molecule has 0 aliphatic carbocycles. The van der Waals surface area contributed by atoms with E-state index in [1.54, 1.807) is 0 Å². The van der Waals surface area contributed by atoms with Gasteiger partial charge in [-0.1, -0.05) is 11.6 Å². The molecule has 6 heteroatoms. The lowest BCUT2D eigenvalue weighted by Crippen LogP contribution is -2.56. The molecule has 1 aromatic rings. The number of benzene rings is 1. The molecular formula is C16H20ClN3O2. The Morgan fingerprint density at radius 1 is 1.41 bits per heavy atom. The van der Waals surface area contributed by atoms with Crippen LogP contribution in [-0.2, 0) is 0 Å². The highest BCUT2D eigenvalue weighted by Crippen LogP contribution is 2.42. The number of hydrogen-bond acceptors (Lipinski definition) is 5. The van der Waals surface area contributed by atoms with E-state index in [-0.39, 0.29) is 11.8 Å². The maximum atomic E-state index is 10.0. The van der Waals surface area contributed by atoms with Crippen LogP contribution in [0.5, 0.6) is 11.5 Å². The van der Waals surface area contributed by atoms with Gasteiger partial charge in [0, 0.05) is 5.92 Å². The first-order chi connectivity index (χ1) is 10.7. The molecule has 4 aliphatic rings. The van der Waals surface area contributed by atoms with Crippen LogP contribution < -0.4 is 10.2 Å². The van der Waals surface area contributed by atoms with Crippen LogP contribution in [0.1, 0.15) is 31.4 Å². The predicted molar refractivity (Wildman–Crippen MR) is 85.7 cm³/mol. The number of phenols is 1. The standard InChI is InChI=1S/C16H20ClN3O2/c1-2-22-12-8-10(7-11(17)16(12)21)14-15-13(18-19-14)9-3-5-20(15)6-4-9/h7-9,14-15,19,21H,2-6H2,1H3. The number of hydrogen-bond donors (Lipinski definition) is 2. The van der Waals surface area contributed by atoms with Crippen LogP contribution >= 0.6 is 11.6 Å². The molecule has 2 bridgehead atoms. The molecule has 5 nitrogen and oxygen atoms in total. The number of phenolic OH excluding ortho intramolecular Hbond substituents is 1. The molecule has 0 radical (unpaired) electrons. The van der Waals surface area contributed by atoms with Gasteiger partial charge in [0.2, 0.25) is 0 Å². The van der Waals surface area contributed by atoms with E-state index < -0.39 is 0 Å². The van der Waals surface area contributed by atoms with Gasteiger partial charge in [-0.15, -0.1) is 0 Å². The Morgan fingerprint density at radius 3 is 2.91 bits per heavy atom. The molecule has 0 saturated carbocycles. The van der Waals surface area contributed by atoms with E-state index in [9.17, 15) is 5.11 Å². The normalized spacial score (nSPS) is 32.4. The summed E-state index contributed by atoms with van der Waals surface area (Å²) in [5, 5.41) is 14.9. The minimum absolute atomic E-state index is 0.0110. The number of aromatic hydroxyl groups is 1. The topological polar surface area (TPSA) is 57.1 Å². The molecule has 1 aromatic carbocycles. The highest BCUT2D eigenvalue weighted by molar-refractivity contribution is 6.32. The van der Waals surface area contributed by atoms with Crippen molar-refractivity contribution in [1.82, 2.24) is 10.3 Å². The summed E-state index contributed by atoms with van der Waals surface area (Å²) in [6.45, 7) is 4.65. The number of piperidine rings is 3. The summed E-state index contributed by atoms with van der Waals surface area (Å²) in [6.07, 6.45) is 2.43. The maximum absolute atomic E-state index is 10.0. The second-order valence-corrected chi connectivity index (χ2v) is 6.59. The molecule has 118 valence electrons. The van der Waals surface area contributed by atoms with Crippen molar-refractivity contribution in [3.63, 3.8) is 0 Å². The van der Waals surface area contributed by atoms with E-state index in [1.807, 2.05) is 19.1 Å². The second-order valence-electron chi connectivity index (χ2n) is 6.18. The van der Waals surface area contributed by atoms with E-state index in [0.29, 0.717) is 29.3 Å². The lowest BCUT2D eigenvalue weighted by Gasteiger charge is -2.45. The molecule has 0 amide bonds. The van der Waals surface area contributed by atoms with Crippen LogP contribution in [0.25, 0.3) is 0 Å². The highest BCUT2D eigenvalue weighted by Gasteiger charge is 2.46. The van der Waals surface area contributed by atoms with Gasteiger partial charge in [0.1, 0.15) is 0 Å². The Kier molecular flexibility index (Phi) is 3.42. The Balaban J connectivity index is 1.68. The predicted octanol–water partition coefficient (Wildman–Crippen LogP) is 2.54. The van der Waals surface area contributed by atoms with Crippen molar-refractivity contribution in [2.75, 3.05) is 19.7 Å². The van der Waals surface area contributed by atoms with Gasteiger partial charge in [-0.2, -0.15) is 5.10 Å². The zero-order valence-electron chi connectivity index (χ0n) is 12.6. The van der Waals surface area contributed by atoms with Crippen LogP contribution in [0.15, 0.2) is 17.2 Å². The zero-order valence-corrected chi connectivity index (χ0v) is 13.3. The Labute approximate surface area is 134 Å². The number of hydrazone groups is 1. The summed E-state index contributed by atoms with van der Waals surface area (Å²) in [5.74, 6) is 1.07. The van der Waals surface area contributed by atoms with E-state index in [4.69, 9.17) is 16.3 Å². The fourth-order valence-corrected chi connectivity index (χ4v) is 4.17. The van der Waals surface area contributed by atoms with Crippen molar-refractivity contribution in [3.8, 4) is 11.5 Å². The fraction of sp³-hybridized carbons (Fsp3) is 0.562. The van der Waals surface area contributed by atoms with E-state index >= 15 is 0 Å². The van der Waals surface area contributed by atoms with E-state index in [0.717, 1.165) is 18.7 Å². The van der Waals surface area contributed by atoms with Gasteiger partial charge >= 0.3 is 0 Å². The first-order valence-electron chi connectivity index (χ1n) is 7.91. The molecule has 2 unspecified atom stereocenters. The quantitative estimate of drug-likeness (QED) is 0.898. The van der Waals surface area contributed by atoms with Gasteiger partial charge in [0.15, 0.2) is 11.5 Å². The van der Waals surface area contributed by atoms with Crippen molar-refractivity contribution in [3.05, 3.63) is 22.7 Å². The van der Waals surface area contributed by atoms with Gasteiger partial charge in [0.05, 0.1) is 29.4 Å². The van der Waals surface area contributed by atoms with Gasteiger partial charge in [-0.05, 0) is 50.6 Å². The van der Waals surface area contributed by atoms with Crippen molar-refractivity contribution in [1.29, 1.82) is 0 Å². The van der Waals surface area contributed by atoms with Crippen molar-refractivity contribution in [2.24, 2.45) is 11.0 Å². The van der Waals surface area contributed by atoms with Gasteiger partial charge in [-0.25, -0.2) is 0 Å². The lowest BCUT2D eigenvalue weighted by molar-refractivity contribution is 0.133. The third-order valence-electron chi connectivity index (χ3n) is 5.00. The van der Waals surface area contributed by atoms with E-state index in [2.05, 4.69) is 15.4 Å². The highest BCUT2D eigenvalue weighted by atomic mass is 35.5. The summed E-state index contributed by atoms with van der Waals surface area (Å²) in [7, 11) is 0. The van der Waals surface area contributed by atoms with Gasteiger partial charge in [0.25, 0.3) is 0 Å². The van der Waals surface area contributed by atoms with Crippen LogP contribution in [0.2, 0.25) is 5.02 Å². The van der Waals surface area contributed by atoms with Crippen LogP contribution in [0, 0.1) is 5.92 Å². The molecule has 0 spiro atoms. The number of nitrogens with one attached hydrogen (secondary N) is 1. The van der Waals surface area contributed by atoms with E-state index in [1.165, 1.54) is 18.6 Å². The summed E-state index contributed by atoms with van der Waals surface area (Å²) in [4.78, 5) is 2.50. The minimum Gasteiger partial charge on any atom is -0.503 e. The molecule has 4 aliphatic heterocycles. The third kappa shape index (κ3) is 2.07. The fourth-order valence-electron chi connectivity index (χ4n) is 3.95. The summed E-state index contributed by atoms with van der Waals surface area (Å²) in [6, 6.07) is 4.08. The number of halogens is 1. The average Bonchev–Trinajstić information content (AvgIpc) is 3.00. The summed E-state index contributed by atoms with van der Waals surface area (Å²) in [5.41, 5.74) is 5.58. The molecule has 5 rings (SSSR count). The first kappa shape index (κ1) is 14.2. The number of nitrogens with zero attached hydrogens (tertiary/aromatic N) is 2. The largest absolute Gasteiger partial charge is 0.503 e. The summed E-state index contributed by atoms with van der Waals surface area (Å²) < 4.78 is 5.50. The number of rotatable bonds is 3. The average molecular weight is 322 g/mol. The Morgan fingerprint density at radius 2 is 2.18 bits per heavy atom. The molecule has 0 aromatic heterocycles. The summed E-state index contributed by atoms with van der Waals surface area (Å²) >= 11 is 6.18. The Bertz CT molecular complexity index is 626. The van der Waals surface area contributed by atoms with Gasteiger partial charge < -0.3 is 15.3 Å².